The molecule has 1 fully saturated rings. The molecular weight excluding hydrogens is 494 g/mol. The summed E-state index contributed by atoms with van der Waals surface area (Å²) in [5, 5.41) is 12.0. The van der Waals surface area contributed by atoms with Gasteiger partial charge in [-0.05, 0) is 65.8 Å². The van der Waals surface area contributed by atoms with Gasteiger partial charge in [-0.2, -0.15) is 0 Å². The number of hydrogen-bond acceptors (Lipinski definition) is 5. The van der Waals surface area contributed by atoms with Crippen molar-refractivity contribution in [3.63, 3.8) is 0 Å². The van der Waals surface area contributed by atoms with Crippen LogP contribution in [0.3, 0.4) is 0 Å². The number of hydrogen-bond donors (Lipinski definition) is 2. The minimum Gasteiger partial charge on any atom is -0.493 e. The number of rotatable bonds is 13. The molecule has 0 aromatic heterocycles. The van der Waals surface area contributed by atoms with Crippen LogP contribution in [0.4, 0.5) is 4.79 Å². The number of carboxylic acids is 1. The van der Waals surface area contributed by atoms with Crippen LogP contribution in [0.25, 0.3) is 11.1 Å². The van der Waals surface area contributed by atoms with Crippen LogP contribution in [-0.4, -0.2) is 36.4 Å². The van der Waals surface area contributed by atoms with Gasteiger partial charge in [0.05, 0.1) is 13.2 Å². The summed E-state index contributed by atoms with van der Waals surface area (Å²) in [4.78, 5) is 23.4. The Labute approximate surface area is 230 Å². The van der Waals surface area contributed by atoms with Crippen molar-refractivity contribution in [2.45, 2.75) is 64.0 Å². The molecule has 0 unspecified atom stereocenters. The predicted molar refractivity (Wildman–Crippen MR) is 150 cm³/mol. The summed E-state index contributed by atoms with van der Waals surface area (Å²) >= 11 is 0. The quantitative estimate of drug-likeness (QED) is 0.236. The Morgan fingerprint density at radius 3 is 2.18 bits per heavy atom. The van der Waals surface area contributed by atoms with Crippen LogP contribution >= 0.6 is 0 Å². The van der Waals surface area contributed by atoms with Crippen LogP contribution in [0, 0.1) is 0 Å². The van der Waals surface area contributed by atoms with Gasteiger partial charge in [0.2, 0.25) is 0 Å². The van der Waals surface area contributed by atoms with Crippen molar-refractivity contribution in [1.82, 2.24) is 5.32 Å². The van der Waals surface area contributed by atoms with Gasteiger partial charge in [-0.1, -0.05) is 67.8 Å². The molecule has 0 saturated heterocycles. The van der Waals surface area contributed by atoms with Crippen molar-refractivity contribution in [3.05, 3.63) is 83.9 Å². The van der Waals surface area contributed by atoms with E-state index in [4.69, 9.17) is 19.3 Å². The molecule has 0 bridgehead atoms. The third-order valence-corrected chi connectivity index (χ3v) is 6.86. The Bertz CT molecular complexity index is 1190. The summed E-state index contributed by atoms with van der Waals surface area (Å²) in [6.07, 6.45) is 6.02. The number of aliphatic carboxylic acids is 1. The zero-order valence-electron chi connectivity index (χ0n) is 22.3. The van der Waals surface area contributed by atoms with Gasteiger partial charge < -0.3 is 24.6 Å². The van der Waals surface area contributed by atoms with Crippen molar-refractivity contribution >= 4 is 12.1 Å². The Morgan fingerprint density at radius 2 is 1.46 bits per heavy atom. The van der Waals surface area contributed by atoms with Gasteiger partial charge >= 0.3 is 12.1 Å². The molecular formula is C32H37NO6. The molecule has 4 rings (SSSR count). The summed E-state index contributed by atoms with van der Waals surface area (Å²) in [6, 6.07) is 23.9. The number of ether oxygens (including phenoxy) is 3. The average Bonchev–Trinajstić information content (AvgIpc) is 2.96. The fraction of sp³-hybridized carbons (Fsp3) is 0.375. The van der Waals surface area contributed by atoms with Crippen LogP contribution in [0.15, 0.2) is 72.8 Å². The molecule has 1 aliphatic carbocycles. The van der Waals surface area contributed by atoms with Crippen LogP contribution in [0.5, 0.6) is 11.5 Å². The second-order valence-corrected chi connectivity index (χ2v) is 9.82. The molecule has 0 radical (unpaired) electrons. The average molecular weight is 532 g/mol. The summed E-state index contributed by atoms with van der Waals surface area (Å²) in [5.74, 6) is 0.586. The molecule has 39 heavy (non-hydrogen) atoms. The van der Waals surface area contributed by atoms with Crippen LogP contribution < -0.4 is 14.8 Å². The molecule has 0 heterocycles. The Balaban J connectivity index is 1.24. The normalized spacial score (nSPS) is 13.4. The minimum absolute atomic E-state index is 0.00510. The lowest BCUT2D eigenvalue weighted by Gasteiger charge is -2.22. The highest BCUT2D eigenvalue weighted by molar-refractivity contribution is 5.68. The van der Waals surface area contributed by atoms with E-state index in [1.165, 1.54) is 12.0 Å². The Hall–Kier alpha value is -4.00. The summed E-state index contributed by atoms with van der Waals surface area (Å²) in [5.41, 5.74) is 3.89. The van der Waals surface area contributed by atoms with E-state index in [2.05, 4.69) is 17.4 Å². The van der Waals surface area contributed by atoms with E-state index < -0.39 is 12.1 Å². The molecule has 0 atom stereocenters. The molecule has 1 saturated carbocycles. The fourth-order valence-corrected chi connectivity index (χ4v) is 4.72. The molecule has 7 heteroatoms. The number of benzene rings is 3. The third kappa shape index (κ3) is 9.36. The van der Waals surface area contributed by atoms with Crippen molar-refractivity contribution in [3.8, 4) is 22.6 Å². The number of carboxylic acid groups (broad SMARTS) is 1. The number of aryl methyl sites for hydroxylation is 1. The molecule has 206 valence electrons. The van der Waals surface area contributed by atoms with Gasteiger partial charge in [-0.15, -0.1) is 0 Å². The maximum absolute atomic E-state index is 12.3. The maximum Gasteiger partial charge on any atom is 0.407 e. The first-order valence-electron chi connectivity index (χ1n) is 13.7. The Kier molecular flexibility index (Phi) is 10.6. The summed E-state index contributed by atoms with van der Waals surface area (Å²) in [6.45, 7) is 1.03. The highest BCUT2D eigenvalue weighted by atomic mass is 16.5. The molecule has 2 N–H and O–H groups in total. The molecule has 1 amide bonds. The number of carbonyl (C=O) groups excluding carboxylic acids is 1. The van der Waals surface area contributed by atoms with Crippen molar-refractivity contribution in [1.29, 1.82) is 0 Å². The highest BCUT2D eigenvalue weighted by Crippen LogP contribution is 2.23. The van der Waals surface area contributed by atoms with E-state index >= 15 is 0 Å². The first kappa shape index (κ1) is 28.0. The third-order valence-electron chi connectivity index (χ3n) is 6.86. The van der Waals surface area contributed by atoms with Gasteiger partial charge in [0, 0.05) is 18.9 Å². The number of alkyl carbamates (subject to hydrolysis) is 1. The second-order valence-electron chi connectivity index (χ2n) is 9.82. The van der Waals surface area contributed by atoms with E-state index in [9.17, 15) is 9.59 Å². The zero-order valence-corrected chi connectivity index (χ0v) is 22.3. The van der Waals surface area contributed by atoms with Gasteiger partial charge in [0.15, 0.2) is 0 Å². The van der Waals surface area contributed by atoms with E-state index in [1.54, 1.807) is 0 Å². The van der Waals surface area contributed by atoms with E-state index in [0.29, 0.717) is 31.8 Å². The molecule has 1 aliphatic rings. The molecule has 7 nitrogen and oxygen atoms in total. The van der Waals surface area contributed by atoms with Crippen LogP contribution in [-0.2, 0) is 22.6 Å². The van der Waals surface area contributed by atoms with Crippen molar-refractivity contribution in [2.24, 2.45) is 0 Å². The minimum atomic E-state index is -0.869. The Morgan fingerprint density at radius 1 is 0.795 bits per heavy atom. The van der Waals surface area contributed by atoms with Crippen molar-refractivity contribution < 1.29 is 28.9 Å². The summed E-state index contributed by atoms with van der Waals surface area (Å²) in [7, 11) is 0. The lowest BCUT2D eigenvalue weighted by molar-refractivity contribution is -0.136. The lowest BCUT2D eigenvalue weighted by atomic mass is 9.96. The standard InChI is InChI=1S/C32H37NO6/c34-31(35)19-15-26-14-18-30(22-27(26)23-39-32(36)33-28-10-5-2-6-11-28)38-21-7-20-37-29-16-12-25(13-17-29)24-8-3-1-4-9-24/h1,3-4,8-9,12-14,16-18,22,28H,2,5-7,10-11,15,19-21,23H2,(H,33,36)(H,34,35). The van der Waals surface area contributed by atoms with E-state index in [0.717, 1.165) is 48.1 Å². The predicted octanol–water partition coefficient (Wildman–Crippen LogP) is 6.78. The van der Waals surface area contributed by atoms with E-state index in [1.807, 2.05) is 60.7 Å². The first-order valence-corrected chi connectivity index (χ1v) is 13.7. The zero-order chi connectivity index (χ0) is 27.3. The number of amides is 1. The van der Waals surface area contributed by atoms with Gasteiger partial charge in [-0.3, -0.25) is 4.79 Å². The molecule has 3 aromatic carbocycles. The van der Waals surface area contributed by atoms with Gasteiger partial charge in [0.1, 0.15) is 18.1 Å². The monoisotopic (exact) mass is 531 g/mol. The van der Waals surface area contributed by atoms with Crippen LogP contribution in [0.1, 0.15) is 56.1 Å². The fourth-order valence-electron chi connectivity index (χ4n) is 4.72. The second kappa shape index (κ2) is 14.8. The molecule has 0 aliphatic heterocycles. The maximum atomic E-state index is 12.3. The first-order chi connectivity index (χ1) is 19.1. The lowest BCUT2D eigenvalue weighted by Crippen LogP contribution is -2.36. The van der Waals surface area contributed by atoms with E-state index in [-0.39, 0.29) is 19.1 Å². The molecule has 0 spiro atoms. The smallest absolute Gasteiger partial charge is 0.407 e. The van der Waals surface area contributed by atoms with Gasteiger partial charge in [0.25, 0.3) is 0 Å². The van der Waals surface area contributed by atoms with Crippen LogP contribution in [0.2, 0.25) is 0 Å². The number of nitrogens with one attached hydrogen (secondary N) is 1. The SMILES string of the molecule is O=C(O)CCc1ccc(OCCCOc2ccc(-c3ccccc3)cc2)cc1COC(=O)NC1CCCCC1. The molecule has 3 aromatic rings. The topological polar surface area (TPSA) is 94.1 Å². The summed E-state index contributed by atoms with van der Waals surface area (Å²) < 4.78 is 17.3. The highest BCUT2D eigenvalue weighted by Gasteiger charge is 2.17. The van der Waals surface area contributed by atoms with Crippen molar-refractivity contribution in [2.75, 3.05) is 13.2 Å². The number of carbonyl (C=O) groups is 2. The largest absolute Gasteiger partial charge is 0.493 e. The van der Waals surface area contributed by atoms with Gasteiger partial charge in [-0.25, -0.2) is 4.79 Å².